The van der Waals surface area contributed by atoms with Crippen LogP contribution in [0.3, 0.4) is 0 Å². The highest BCUT2D eigenvalue weighted by Crippen LogP contribution is 2.19. The van der Waals surface area contributed by atoms with Gasteiger partial charge in [-0.2, -0.15) is 0 Å². The van der Waals surface area contributed by atoms with E-state index in [4.69, 9.17) is 4.74 Å². The molecule has 0 aliphatic carbocycles. The zero-order valence-corrected chi connectivity index (χ0v) is 10.1. The summed E-state index contributed by atoms with van der Waals surface area (Å²) in [5, 5.41) is 3.21. The molecule has 1 unspecified atom stereocenters. The summed E-state index contributed by atoms with van der Waals surface area (Å²) in [7, 11) is 1.74. The number of nitrogens with one attached hydrogen (secondary N) is 1. The van der Waals surface area contributed by atoms with Crippen molar-refractivity contribution in [3.63, 3.8) is 0 Å². The summed E-state index contributed by atoms with van der Waals surface area (Å²) in [5.74, 6) is 1.46. The molecule has 1 amide bonds. The standard InChI is InChI=1S/C12H22N2O2/c1-16-9-10-3-2-4-14(8-10)12(15)5-11-6-13-7-11/h10-11,13H,2-9H2,1H3. The number of hydrogen-bond donors (Lipinski definition) is 1. The van der Waals surface area contributed by atoms with Crippen LogP contribution in [-0.4, -0.2) is 50.7 Å². The zero-order valence-electron chi connectivity index (χ0n) is 10.1. The normalized spacial score (nSPS) is 26.6. The molecule has 0 saturated carbocycles. The van der Waals surface area contributed by atoms with Crippen molar-refractivity contribution in [3.8, 4) is 0 Å². The van der Waals surface area contributed by atoms with Crippen LogP contribution < -0.4 is 5.32 Å². The van der Waals surface area contributed by atoms with Gasteiger partial charge in [0, 0.05) is 26.6 Å². The van der Waals surface area contributed by atoms with Crippen LogP contribution in [0.5, 0.6) is 0 Å². The van der Waals surface area contributed by atoms with Crippen molar-refractivity contribution in [1.82, 2.24) is 10.2 Å². The number of carbonyl (C=O) groups is 1. The summed E-state index contributed by atoms with van der Waals surface area (Å²) in [5.41, 5.74) is 0. The monoisotopic (exact) mass is 226 g/mol. The number of methoxy groups -OCH3 is 1. The van der Waals surface area contributed by atoms with Crippen molar-refractivity contribution in [3.05, 3.63) is 0 Å². The first-order chi connectivity index (χ1) is 7.79. The smallest absolute Gasteiger partial charge is 0.222 e. The number of piperidine rings is 1. The number of amides is 1. The number of hydrogen-bond acceptors (Lipinski definition) is 3. The van der Waals surface area contributed by atoms with Crippen LogP contribution in [0.4, 0.5) is 0 Å². The fourth-order valence-electron chi connectivity index (χ4n) is 2.53. The van der Waals surface area contributed by atoms with E-state index in [2.05, 4.69) is 5.32 Å². The molecule has 2 saturated heterocycles. The van der Waals surface area contributed by atoms with Gasteiger partial charge in [0.2, 0.25) is 5.91 Å². The molecule has 4 nitrogen and oxygen atoms in total. The molecule has 0 spiro atoms. The molecule has 2 aliphatic heterocycles. The molecule has 2 heterocycles. The largest absolute Gasteiger partial charge is 0.384 e. The van der Waals surface area contributed by atoms with E-state index in [9.17, 15) is 4.79 Å². The molecule has 0 aromatic rings. The Balaban J connectivity index is 1.76. The van der Waals surface area contributed by atoms with Crippen LogP contribution in [0.2, 0.25) is 0 Å². The number of nitrogens with zero attached hydrogens (tertiary/aromatic N) is 1. The molecule has 4 heteroatoms. The van der Waals surface area contributed by atoms with Crippen molar-refractivity contribution < 1.29 is 9.53 Å². The lowest BCUT2D eigenvalue weighted by molar-refractivity contribution is -0.134. The maximum Gasteiger partial charge on any atom is 0.222 e. The van der Waals surface area contributed by atoms with Crippen molar-refractivity contribution in [2.24, 2.45) is 11.8 Å². The average molecular weight is 226 g/mol. The van der Waals surface area contributed by atoms with Crippen LogP contribution in [0.1, 0.15) is 19.3 Å². The summed E-state index contributed by atoms with van der Waals surface area (Å²) >= 11 is 0. The van der Waals surface area contributed by atoms with Gasteiger partial charge >= 0.3 is 0 Å². The second-order valence-corrected chi connectivity index (χ2v) is 5.03. The third-order valence-electron chi connectivity index (χ3n) is 3.60. The number of ether oxygens (including phenoxy) is 1. The zero-order chi connectivity index (χ0) is 11.4. The van der Waals surface area contributed by atoms with Crippen LogP contribution in [0.25, 0.3) is 0 Å². The van der Waals surface area contributed by atoms with Crippen LogP contribution in [0.15, 0.2) is 0 Å². The van der Waals surface area contributed by atoms with Gasteiger partial charge < -0.3 is 15.0 Å². The molecule has 0 aromatic carbocycles. The maximum atomic E-state index is 12.0. The second-order valence-electron chi connectivity index (χ2n) is 5.03. The fraction of sp³-hybridized carbons (Fsp3) is 0.917. The van der Waals surface area contributed by atoms with Crippen LogP contribution >= 0.6 is 0 Å². The van der Waals surface area contributed by atoms with Gasteiger partial charge in [0.1, 0.15) is 0 Å². The highest BCUT2D eigenvalue weighted by atomic mass is 16.5. The molecule has 1 atom stereocenters. The minimum Gasteiger partial charge on any atom is -0.384 e. The topological polar surface area (TPSA) is 41.6 Å². The van der Waals surface area contributed by atoms with Crippen LogP contribution in [-0.2, 0) is 9.53 Å². The van der Waals surface area contributed by atoms with Gasteiger partial charge in [0.15, 0.2) is 0 Å². The number of likely N-dealkylation sites (tertiary alicyclic amines) is 1. The van der Waals surface area contributed by atoms with E-state index in [-0.39, 0.29) is 0 Å². The first-order valence-corrected chi connectivity index (χ1v) is 6.27. The first kappa shape index (κ1) is 11.9. The van der Waals surface area contributed by atoms with Gasteiger partial charge in [-0.25, -0.2) is 0 Å². The Kier molecular flexibility index (Phi) is 4.18. The van der Waals surface area contributed by atoms with E-state index in [1.165, 1.54) is 6.42 Å². The molecule has 92 valence electrons. The van der Waals surface area contributed by atoms with E-state index in [0.717, 1.165) is 45.6 Å². The lowest BCUT2D eigenvalue weighted by Crippen LogP contribution is -2.47. The van der Waals surface area contributed by atoms with Crippen molar-refractivity contribution in [1.29, 1.82) is 0 Å². The molecule has 0 aromatic heterocycles. The Bertz CT molecular complexity index is 239. The Morgan fingerprint density at radius 1 is 1.44 bits per heavy atom. The molecule has 16 heavy (non-hydrogen) atoms. The van der Waals surface area contributed by atoms with E-state index in [0.29, 0.717) is 17.7 Å². The summed E-state index contributed by atoms with van der Waals surface area (Å²) < 4.78 is 5.17. The van der Waals surface area contributed by atoms with Gasteiger partial charge in [-0.3, -0.25) is 4.79 Å². The molecular formula is C12H22N2O2. The minimum atomic E-state index is 0.340. The lowest BCUT2D eigenvalue weighted by atomic mass is 9.95. The average Bonchev–Trinajstić information content (AvgIpc) is 2.24. The maximum absolute atomic E-state index is 12.0. The Morgan fingerprint density at radius 2 is 2.25 bits per heavy atom. The van der Waals surface area contributed by atoms with Gasteiger partial charge in [0.25, 0.3) is 0 Å². The molecule has 2 aliphatic rings. The third-order valence-corrected chi connectivity index (χ3v) is 3.60. The van der Waals surface area contributed by atoms with Crippen molar-refractivity contribution in [2.45, 2.75) is 19.3 Å². The van der Waals surface area contributed by atoms with Crippen molar-refractivity contribution in [2.75, 3.05) is 39.9 Å². The summed E-state index contributed by atoms with van der Waals surface area (Å²) in [6.45, 7) is 4.66. The van der Waals surface area contributed by atoms with Crippen LogP contribution in [0, 0.1) is 11.8 Å². The molecule has 2 rings (SSSR count). The summed E-state index contributed by atoms with van der Waals surface area (Å²) in [6, 6.07) is 0. The quantitative estimate of drug-likeness (QED) is 0.758. The highest BCUT2D eigenvalue weighted by molar-refractivity contribution is 5.76. The predicted octanol–water partition coefficient (Wildman–Crippen LogP) is 0.481. The van der Waals surface area contributed by atoms with E-state index in [1.54, 1.807) is 7.11 Å². The van der Waals surface area contributed by atoms with E-state index in [1.807, 2.05) is 4.90 Å². The van der Waals surface area contributed by atoms with Gasteiger partial charge in [-0.05, 0) is 37.8 Å². The van der Waals surface area contributed by atoms with E-state index >= 15 is 0 Å². The van der Waals surface area contributed by atoms with E-state index < -0.39 is 0 Å². The van der Waals surface area contributed by atoms with Gasteiger partial charge in [-0.15, -0.1) is 0 Å². The minimum absolute atomic E-state index is 0.340. The molecule has 1 N–H and O–H groups in total. The third kappa shape index (κ3) is 2.95. The van der Waals surface area contributed by atoms with Crippen molar-refractivity contribution >= 4 is 5.91 Å². The number of carbonyl (C=O) groups excluding carboxylic acids is 1. The summed E-state index contributed by atoms with van der Waals surface area (Å²) in [4.78, 5) is 14.0. The highest BCUT2D eigenvalue weighted by Gasteiger charge is 2.27. The number of rotatable bonds is 4. The van der Waals surface area contributed by atoms with Gasteiger partial charge in [0.05, 0.1) is 6.61 Å². The SMILES string of the molecule is COCC1CCCN(C(=O)CC2CNC2)C1. The molecule has 0 bridgehead atoms. The first-order valence-electron chi connectivity index (χ1n) is 6.27. The predicted molar refractivity (Wildman–Crippen MR) is 62.2 cm³/mol. The molecule has 0 radical (unpaired) electrons. The van der Waals surface area contributed by atoms with Gasteiger partial charge in [-0.1, -0.05) is 0 Å². The molecule has 2 fully saturated rings. The fourth-order valence-corrected chi connectivity index (χ4v) is 2.53. The second kappa shape index (κ2) is 5.64. The Labute approximate surface area is 97.3 Å². The molecular weight excluding hydrogens is 204 g/mol. The lowest BCUT2D eigenvalue weighted by Gasteiger charge is -2.35. The Morgan fingerprint density at radius 3 is 2.88 bits per heavy atom. The Hall–Kier alpha value is -0.610. The summed E-state index contributed by atoms with van der Waals surface area (Å²) in [6.07, 6.45) is 3.05.